The van der Waals surface area contributed by atoms with Crippen molar-refractivity contribution in [2.75, 3.05) is 12.3 Å². The fourth-order valence-corrected chi connectivity index (χ4v) is 1.17. The van der Waals surface area contributed by atoms with Crippen molar-refractivity contribution in [3.05, 3.63) is 29.3 Å². The first-order valence-electron chi connectivity index (χ1n) is 4.82. The molecular weight excluding hydrogens is 192 g/mol. The first-order valence-corrected chi connectivity index (χ1v) is 4.82. The highest BCUT2D eigenvalue weighted by Gasteiger charge is 2.09. The predicted octanol–water partition coefficient (Wildman–Crippen LogP) is 0.688. The summed E-state index contributed by atoms with van der Waals surface area (Å²) in [4.78, 5) is 11.6. The molecule has 0 aromatic heterocycles. The van der Waals surface area contributed by atoms with Crippen LogP contribution in [0.4, 0.5) is 5.69 Å². The molecule has 4 N–H and O–H groups in total. The largest absolute Gasteiger partial charge is 0.399 e. The van der Waals surface area contributed by atoms with E-state index in [0.717, 1.165) is 5.56 Å². The number of aliphatic hydroxyl groups is 1. The van der Waals surface area contributed by atoms with Crippen LogP contribution in [0.5, 0.6) is 0 Å². The summed E-state index contributed by atoms with van der Waals surface area (Å²) >= 11 is 0. The normalized spacial score (nSPS) is 12.2. The van der Waals surface area contributed by atoms with Crippen LogP contribution in [-0.2, 0) is 0 Å². The highest BCUT2D eigenvalue weighted by atomic mass is 16.3. The number of aliphatic hydroxyl groups excluding tert-OH is 1. The van der Waals surface area contributed by atoms with Crippen molar-refractivity contribution >= 4 is 11.6 Å². The third-order valence-electron chi connectivity index (χ3n) is 2.18. The van der Waals surface area contributed by atoms with Crippen molar-refractivity contribution in [3.8, 4) is 0 Å². The quantitative estimate of drug-likeness (QED) is 0.640. The van der Waals surface area contributed by atoms with Gasteiger partial charge in [0.05, 0.1) is 6.61 Å². The van der Waals surface area contributed by atoms with Crippen molar-refractivity contribution in [1.29, 1.82) is 0 Å². The molecule has 1 unspecified atom stereocenters. The summed E-state index contributed by atoms with van der Waals surface area (Å²) < 4.78 is 0. The average Bonchev–Trinajstić information content (AvgIpc) is 2.21. The minimum absolute atomic E-state index is 0.0697. The zero-order valence-corrected chi connectivity index (χ0v) is 8.95. The Bertz CT molecular complexity index is 364. The minimum atomic E-state index is -0.240. The first-order chi connectivity index (χ1) is 7.04. The van der Waals surface area contributed by atoms with Gasteiger partial charge in [-0.25, -0.2) is 0 Å². The van der Waals surface area contributed by atoms with Gasteiger partial charge in [0.1, 0.15) is 0 Å². The Hall–Kier alpha value is -1.55. The molecule has 0 spiro atoms. The number of hydrogen-bond acceptors (Lipinski definition) is 3. The molecule has 1 amide bonds. The van der Waals surface area contributed by atoms with Crippen LogP contribution in [0.15, 0.2) is 18.2 Å². The molecular formula is C11H16N2O2. The molecule has 1 atom stereocenters. The second kappa shape index (κ2) is 4.79. The lowest BCUT2D eigenvalue weighted by Crippen LogP contribution is -2.35. The molecule has 4 nitrogen and oxygen atoms in total. The van der Waals surface area contributed by atoms with Crippen LogP contribution in [0.2, 0.25) is 0 Å². The topological polar surface area (TPSA) is 75.3 Å². The average molecular weight is 208 g/mol. The molecule has 0 heterocycles. The van der Waals surface area contributed by atoms with Crippen LogP contribution in [-0.4, -0.2) is 23.7 Å². The van der Waals surface area contributed by atoms with Gasteiger partial charge in [0.25, 0.3) is 5.91 Å². The van der Waals surface area contributed by atoms with Gasteiger partial charge in [-0.15, -0.1) is 0 Å². The lowest BCUT2D eigenvalue weighted by molar-refractivity contribution is 0.0922. The van der Waals surface area contributed by atoms with E-state index in [2.05, 4.69) is 5.32 Å². The van der Waals surface area contributed by atoms with Crippen LogP contribution in [0, 0.1) is 6.92 Å². The van der Waals surface area contributed by atoms with Gasteiger partial charge in [0, 0.05) is 17.3 Å². The number of nitrogens with two attached hydrogens (primary N) is 1. The lowest BCUT2D eigenvalue weighted by atomic mass is 10.1. The second-order valence-corrected chi connectivity index (χ2v) is 3.63. The first kappa shape index (κ1) is 11.5. The van der Waals surface area contributed by atoms with Crippen LogP contribution in [0.3, 0.4) is 0 Å². The summed E-state index contributed by atoms with van der Waals surface area (Å²) in [6.45, 7) is 3.52. The van der Waals surface area contributed by atoms with Gasteiger partial charge in [0.2, 0.25) is 0 Å². The Morgan fingerprint density at radius 3 is 2.80 bits per heavy atom. The van der Waals surface area contributed by atoms with E-state index < -0.39 is 0 Å². The fourth-order valence-electron chi connectivity index (χ4n) is 1.17. The van der Waals surface area contributed by atoms with Crippen LogP contribution < -0.4 is 11.1 Å². The molecule has 0 aliphatic carbocycles. The molecule has 1 aromatic rings. The number of carbonyl (C=O) groups excluding carboxylic acids is 1. The number of benzene rings is 1. The van der Waals surface area contributed by atoms with E-state index in [1.165, 1.54) is 0 Å². The number of nitrogens with one attached hydrogen (secondary N) is 1. The van der Waals surface area contributed by atoms with Gasteiger partial charge in [-0.1, -0.05) is 0 Å². The SMILES string of the molecule is Cc1cc(C(=O)NC(C)CO)ccc1N. The third-order valence-corrected chi connectivity index (χ3v) is 2.18. The van der Waals surface area contributed by atoms with Crippen molar-refractivity contribution in [1.82, 2.24) is 5.32 Å². The maximum atomic E-state index is 11.6. The number of aryl methyl sites for hydroxylation is 1. The standard InChI is InChI=1S/C11H16N2O2/c1-7-5-9(3-4-10(7)12)11(15)13-8(2)6-14/h3-5,8,14H,6,12H2,1-2H3,(H,13,15). The molecule has 1 aromatic carbocycles. The van der Waals surface area contributed by atoms with Crippen LogP contribution >= 0.6 is 0 Å². The molecule has 0 bridgehead atoms. The predicted molar refractivity (Wildman–Crippen MR) is 59.6 cm³/mol. The molecule has 0 fully saturated rings. The highest BCUT2D eigenvalue weighted by Crippen LogP contribution is 2.12. The minimum Gasteiger partial charge on any atom is -0.399 e. The van der Waals surface area contributed by atoms with E-state index in [0.29, 0.717) is 11.3 Å². The summed E-state index contributed by atoms with van der Waals surface area (Å²) in [7, 11) is 0. The van der Waals surface area contributed by atoms with Gasteiger partial charge in [0.15, 0.2) is 0 Å². The van der Waals surface area contributed by atoms with Crippen molar-refractivity contribution in [3.63, 3.8) is 0 Å². The molecule has 82 valence electrons. The highest BCUT2D eigenvalue weighted by molar-refractivity contribution is 5.95. The van der Waals surface area contributed by atoms with Gasteiger partial charge in [-0.2, -0.15) is 0 Å². The number of hydrogen-bond donors (Lipinski definition) is 3. The maximum Gasteiger partial charge on any atom is 0.251 e. The number of anilines is 1. The Labute approximate surface area is 89.1 Å². The van der Waals surface area contributed by atoms with E-state index in [4.69, 9.17) is 10.8 Å². The molecule has 4 heteroatoms. The monoisotopic (exact) mass is 208 g/mol. The number of nitrogen functional groups attached to an aromatic ring is 1. The maximum absolute atomic E-state index is 11.6. The molecule has 0 aliphatic heterocycles. The van der Waals surface area contributed by atoms with E-state index in [-0.39, 0.29) is 18.6 Å². The number of carbonyl (C=O) groups is 1. The zero-order valence-electron chi connectivity index (χ0n) is 8.95. The van der Waals surface area contributed by atoms with E-state index >= 15 is 0 Å². The van der Waals surface area contributed by atoms with Crippen molar-refractivity contribution in [2.45, 2.75) is 19.9 Å². The molecule has 15 heavy (non-hydrogen) atoms. The molecule has 0 saturated carbocycles. The summed E-state index contributed by atoms with van der Waals surface area (Å²) in [6, 6.07) is 4.86. The fraction of sp³-hybridized carbons (Fsp3) is 0.364. The molecule has 0 saturated heterocycles. The van der Waals surface area contributed by atoms with E-state index in [1.807, 2.05) is 6.92 Å². The van der Waals surface area contributed by atoms with Crippen LogP contribution in [0.1, 0.15) is 22.8 Å². The number of rotatable bonds is 3. The lowest BCUT2D eigenvalue weighted by Gasteiger charge is -2.11. The van der Waals surface area contributed by atoms with Gasteiger partial charge in [-0.05, 0) is 37.6 Å². The summed E-state index contributed by atoms with van der Waals surface area (Å²) in [5.74, 6) is -0.195. The molecule has 1 rings (SSSR count). The third kappa shape index (κ3) is 2.95. The smallest absolute Gasteiger partial charge is 0.251 e. The van der Waals surface area contributed by atoms with Crippen LogP contribution in [0.25, 0.3) is 0 Å². The number of amides is 1. The molecule has 0 radical (unpaired) electrons. The summed E-state index contributed by atoms with van der Waals surface area (Å²) in [5.41, 5.74) is 7.74. The Morgan fingerprint density at radius 2 is 2.27 bits per heavy atom. The Balaban J connectivity index is 2.78. The summed E-state index contributed by atoms with van der Waals surface area (Å²) in [6.07, 6.45) is 0. The Morgan fingerprint density at radius 1 is 1.60 bits per heavy atom. The van der Waals surface area contributed by atoms with Crippen molar-refractivity contribution in [2.24, 2.45) is 0 Å². The van der Waals surface area contributed by atoms with Crippen molar-refractivity contribution < 1.29 is 9.90 Å². The zero-order chi connectivity index (χ0) is 11.4. The summed E-state index contributed by atoms with van der Waals surface area (Å²) in [5, 5.41) is 11.5. The van der Waals surface area contributed by atoms with Gasteiger partial charge >= 0.3 is 0 Å². The molecule has 0 aliphatic rings. The second-order valence-electron chi connectivity index (χ2n) is 3.63. The van der Waals surface area contributed by atoms with Gasteiger partial charge < -0.3 is 16.2 Å². The Kier molecular flexibility index (Phi) is 3.68. The van der Waals surface area contributed by atoms with E-state index in [9.17, 15) is 4.79 Å². The van der Waals surface area contributed by atoms with Gasteiger partial charge in [-0.3, -0.25) is 4.79 Å². The van der Waals surface area contributed by atoms with E-state index in [1.54, 1.807) is 25.1 Å².